The molecule has 0 radical (unpaired) electrons. The van der Waals surface area contributed by atoms with Crippen LogP contribution in [0.5, 0.6) is 0 Å². The van der Waals surface area contributed by atoms with Crippen LogP contribution in [0.25, 0.3) is 0 Å². The van der Waals surface area contributed by atoms with Crippen LogP contribution < -0.4 is 5.32 Å². The number of carbonyl (C=O) groups is 2. The summed E-state index contributed by atoms with van der Waals surface area (Å²) in [6.07, 6.45) is 2.89. The Morgan fingerprint density at radius 2 is 2.15 bits per heavy atom. The van der Waals surface area contributed by atoms with E-state index >= 15 is 0 Å². The van der Waals surface area contributed by atoms with Gasteiger partial charge in [0.25, 0.3) is 0 Å². The minimum Gasteiger partial charge on any atom is -0.454 e. The van der Waals surface area contributed by atoms with Crippen molar-refractivity contribution in [3.8, 4) is 0 Å². The van der Waals surface area contributed by atoms with Crippen LogP contribution in [0.3, 0.4) is 0 Å². The molecule has 2 heterocycles. The number of fused-ring (bicyclic) bond motifs is 2. The molecule has 9 nitrogen and oxygen atoms in total. The molecule has 0 spiro atoms. The van der Waals surface area contributed by atoms with Crippen LogP contribution in [-0.2, 0) is 28.5 Å². The lowest BCUT2D eigenvalue weighted by Gasteiger charge is -2.30. The van der Waals surface area contributed by atoms with Crippen LogP contribution in [0.4, 0.5) is 0 Å². The lowest BCUT2D eigenvalue weighted by Crippen LogP contribution is -2.47. The third kappa shape index (κ3) is 3.76. The fraction of sp³-hybridized carbons (Fsp3) is 0.500. The van der Waals surface area contributed by atoms with Crippen molar-refractivity contribution >= 4 is 34.9 Å². The molecule has 1 unspecified atom stereocenters. The predicted octanol–water partition coefficient (Wildman–Crippen LogP) is 0.0816. The summed E-state index contributed by atoms with van der Waals surface area (Å²) < 4.78 is 20.6. The molecule has 2 aliphatic heterocycles. The minimum atomic E-state index is -0.587. The van der Waals surface area contributed by atoms with Gasteiger partial charge >= 0.3 is 0 Å². The van der Waals surface area contributed by atoms with Crippen LogP contribution in [0.15, 0.2) is 28.7 Å². The highest BCUT2D eigenvalue weighted by Crippen LogP contribution is 2.31. The molecular weight excluding hydrogens is 362 g/mol. The third-order valence-corrected chi connectivity index (χ3v) is 4.44. The maximum Gasteiger partial charge on any atom is 0.241 e. The van der Waals surface area contributed by atoms with Crippen molar-refractivity contribution in [1.82, 2.24) is 10.2 Å². The standard InChI is InChI=1S/C16H19N3O6S/c1-22-14(23-2)7-17-13(20)3-4-19-15(21)9-5-11-12(25-8-24-11)6-10(9)18-16(19)26/h5-6,9,14H,3-4,7-8H2,1-2H3,(H,17,20). The zero-order chi connectivity index (χ0) is 18.7. The topological polar surface area (TPSA) is 98.7 Å². The van der Waals surface area contributed by atoms with E-state index in [0.717, 1.165) is 0 Å². The molecular formula is C16H19N3O6S. The van der Waals surface area contributed by atoms with Crippen LogP contribution in [0.1, 0.15) is 6.42 Å². The van der Waals surface area contributed by atoms with E-state index in [-0.39, 0.29) is 43.2 Å². The number of hydrogen-bond donors (Lipinski definition) is 1. The van der Waals surface area contributed by atoms with Crippen molar-refractivity contribution in [2.45, 2.75) is 12.7 Å². The lowest BCUT2D eigenvalue weighted by atomic mass is 9.94. The van der Waals surface area contributed by atoms with Crippen LogP contribution in [0, 0.1) is 5.92 Å². The first-order chi connectivity index (χ1) is 12.5. The summed E-state index contributed by atoms with van der Waals surface area (Å²) in [5, 5.41) is 2.81. The SMILES string of the molecule is COC(CNC(=O)CCN1C(=O)C2C=C3OCOC3=CC2=NC1=S)OC. The molecule has 140 valence electrons. The van der Waals surface area contributed by atoms with Crippen molar-refractivity contribution in [3.05, 3.63) is 23.7 Å². The van der Waals surface area contributed by atoms with Gasteiger partial charge in [0.2, 0.25) is 23.7 Å². The highest BCUT2D eigenvalue weighted by molar-refractivity contribution is 7.80. The number of aliphatic imine (C=N–C) groups is 1. The Bertz CT molecular complexity index is 713. The van der Waals surface area contributed by atoms with Gasteiger partial charge in [0.15, 0.2) is 17.8 Å². The number of allylic oxidation sites excluding steroid dienone is 1. The number of nitrogens with zero attached hydrogens (tertiary/aromatic N) is 2. The first-order valence-corrected chi connectivity index (χ1v) is 8.40. The molecule has 3 aliphatic rings. The van der Waals surface area contributed by atoms with Gasteiger partial charge in [0.05, 0.1) is 12.3 Å². The van der Waals surface area contributed by atoms with E-state index in [1.807, 2.05) is 0 Å². The van der Waals surface area contributed by atoms with Gasteiger partial charge in [-0.2, -0.15) is 0 Å². The fourth-order valence-corrected chi connectivity index (χ4v) is 2.99. The molecule has 0 aromatic heterocycles. The first-order valence-electron chi connectivity index (χ1n) is 7.99. The summed E-state index contributed by atoms with van der Waals surface area (Å²) in [5.74, 6) is 0.00719. The number of carbonyl (C=O) groups excluding carboxylic acids is 2. The molecule has 2 amide bonds. The summed E-state index contributed by atoms with van der Waals surface area (Å²) in [6.45, 7) is 0.467. The fourth-order valence-electron chi connectivity index (χ4n) is 2.70. The molecule has 3 rings (SSSR count). The summed E-state index contributed by atoms with van der Waals surface area (Å²) in [6, 6.07) is 0. The molecule has 1 aliphatic carbocycles. The number of methoxy groups -OCH3 is 2. The highest BCUT2D eigenvalue weighted by Gasteiger charge is 2.38. The van der Waals surface area contributed by atoms with Gasteiger partial charge in [-0.1, -0.05) is 0 Å². The van der Waals surface area contributed by atoms with E-state index in [4.69, 9.17) is 31.2 Å². The second-order valence-electron chi connectivity index (χ2n) is 5.69. The molecule has 1 fully saturated rings. The zero-order valence-electron chi connectivity index (χ0n) is 14.4. The summed E-state index contributed by atoms with van der Waals surface area (Å²) in [4.78, 5) is 30.3. The number of ether oxygens (including phenoxy) is 4. The Morgan fingerprint density at radius 3 is 2.88 bits per heavy atom. The average Bonchev–Trinajstić information content (AvgIpc) is 3.08. The van der Waals surface area contributed by atoms with Gasteiger partial charge in [-0.05, 0) is 18.3 Å². The molecule has 0 saturated carbocycles. The Labute approximate surface area is 155 Å². The zero-order valence-corrected chi connectivity index (χ0v) is 15.2. The monoisotopic (exact) mass is 381 g/mol. The molecule has 0 bridgehead atoms. The maximum absolute atomic E-state index is 12.7. The van der Waals surface area contributed by atoms with E-state index < -0.39 is 12.2 Å². The number of hydrogen-bond acceptors (Lipinski definition) is 7. The van der Waals surface area contributed by atoms with Gasteiger partial charge in [-0.15, -0.1) is 0 Å². The molecule has 1 atom stereocenters. The van der Waals surface area contributed by atoms with Crippen molar-refractivity contribution in [2.24, 2.45) is 10.9 Å². The Morgan fingerprint density at radius 1 is 1.42 bits per heavy atom. The van der Waals surface area contributed by atoms with E-state index in [1.54, 1.807) is 12.2 Å². The van der Waals surface area contributed by atoms with E-state index in [1.165, 1.54) is 19.1 Å². The molecule has 10 heteroatoms. The number of amides is 2. The Kier molecular flexibility index (Phi) is 5.64. The molecule has 26 heavy (non-hydrogen) atoms. The van der Waals surface area contributed by atoms with E-state index in [2.05, 4.69) is 10.3 Å². The summed E-state index contributed by atoms with van der Waals surface area (Å²) >= 11 is 5.21. The smallest absolute Gasteiger partial charge is 0.241 e. The largest absolute Gasteiger partial charge is 0.454 e. The van der Waals surface area contributed by atoms with Crippen LogP contribution in [0.2, 0.25) is 0 Å². The van der Waals surface area contributed by atoms with Crippen molar-refractivity contribution < 1.29 is 28.5 Å². The lowest BCUT2D eigenvalue weighted by molar-refractivity contribution is -0.130. The molecule has 0 aromatic rings. The first kappa shape index (κ1) is 18.5. The normalized spacial score (nSPS) is 21.3. The minimum absolute atomic E-state index is 0.0842. The number of rotatable bonds is 7. The average molecular weight is 381 g/mol. The highest BCUT2D eigenvalue weighted by atomic mass is 32.1. The predicted molar refractivity (Wildman–Crippen MR) is 93.9 cm³/mol. The van der Waals surface area contributed by atoms with Gasteiger partial charge in [0.1, 0.15) is 5.92 Å². The van der Waals surface area contributed by atoms with E-state index in [9.17, 15) is 9.59 Å². The number of nitrogens with one attached hydrogen (secondary N) is 1. The molecule has 1 N–H and O–H groups in total. The third-order valence-electron chi connectivity index (χ3n) is 4.13. The molecule has 0 aromatic carbocycles. The van der Waals surface area contributed by atoms with E-state index in [0.29, 0.717) is 17.2 Å². The van der Waals surface area contributed by atoms with Gasteiger partial charge < -0.3 is 24.3 Å². The number of thiocarbonyl (C=S) groups is 1. The molecule has 1 saturated heterocycles. The summed E-state index contributed by atoms with van der Waals surface area (Å²) in [7, 11) is 2.97. The quantitative estimate of drug-likeness (QED) is 0.493. The second-order valence-corrected chi connectivity index (χ2v) is 6.05. The Hall–Kier alpha value is -2.30. The van der Waals surface area contributed by atoms with Gasteiger partial charge in [-0.25, -0.2) is 4.99 Å². The van der Waals surface area contributed by atoms with Crippen molar-refractivity contribution in [1.29, 1.82) is 0 Å². The van der Waals surface area contributed by atoms with Crippen LogP contribution >= 0.6 is 12.2 Å². The second kappa shape index (κ2) is 7.94. The van der Waals surface area contributed by atoms with Gasteiger partial charge in [-0.3, -0.25) is 14.5 Å². The summed E-state index contributed by atoms with van der Waals surface area (Å²) in [5.41, 5.74) is 0.521. The Balaban J connectivity index is 1.60. The van der Waals surface area contributed by atoms with Crippen molar-refractivity contribution in [2.75, 3.05) is 34.1 Å². The van der Waals surface area contributed by atoms with Crippen molar-refractivity contribution in [3.63, 3.8) is 0 Å². The van der Waals surface area contributed by atoms with Gasteiger partial charge in [0, 0.05) is 33.3 Å². The maximum atomic E-state index is 12.7. The van der Waals surface area contributed by atoms with Crippen LogP contribution in [-0.4, -0.2) is 67.9 Å².